The minimum absolute atomic E-state index is 0.875. The molecule has 0 saturated carbocycles. The zero-order valence-electron chi connectivity index (χ0n) is 26.3. The van der Waals surface area contributed by atoms with Crippen LogP contribution in [0.3, 0.4) is 0 Å². The number of nitrogens with zero attached hydrogens (tertiary/aromatic N) is 1. The maximum absolute atomic E-state index is 6.33. The quantitative estimate of drug-likeness (QED) is 0.185. The highest BCUT2D eigenvalue weighted by molar-refractivity contribution is 6.13. The third kappa shape index (κ3) is 4.83. The zero-order chi connectivity index (χ0) is 31.9. The van der Waals surface area contributed by atoms with Gasteiger partial charge in [0.2, 0.25) is 0 Å². The Bertz CT molecular complexity index is 2530. The second-order valence-corrected chi connectivity index (χ2v) is 12.1. The lowest BCUT2D eigenvalue weighted by Gasteiger charge is -2.27. The van der Waals surface area contributed by atoms with Crippen LogP contribution in [0.15, 0.2) is 192 Å². The van der Waals surface area contributed by atoms with Gasteiger partial charge in [-0.2, -0.15) is 0 Å². The van der Waals surface area contributed by atoms with E-state index in [1.165, 1.54) is 44.2 Å². The Hall–Kier alpha value is -6.38. The number of anilines is 3. The molecule has 0 spiro atoms. The first-order valence-corrected chi connectivity index (χ1v) is 16.4. The average Bonchev–Trinajstić information content (AvgIpc) is 3.55. The van der Waals surface area contributed by atoms with Gasteiger partial charge in [-0.25, -0.2) is 0 Å². The molecule has 8 aromatic carbocycles. The van der Waals surface area contributed by atoms with Crippen molar-refractivity contribution in [2.24, 2.45) is 0 Å². The molecule has 1 heterocycles. The van der Waals surface area contributed by atoms with Crippen LogP contribution in [0.1, 0.15) is 0 Å². The molecule has 48 heavy (non-hydrogen) atoms. The van der Waals surface area contributed by atoms with E-state index in [2.05, 4.69) is 181 Å². The van der Waals surface area contributed by atoms with Crippen LogP contribution in [0, 0.1) is 0 Å². The summed E-state index contributed by atoms with van der Waals surface area (Å²) in [5, 5.41) is 4.71. The third-order valence-electron chi connectivity index (χ3n) is 9.28. The predicted octanol–water partition coefficient (Wildman–Crippen LogP) is 13.2. The Morgan fingerprint density at radius 2 is 0.833 bits per heavy atom. The summed E-state index contributed by atoms with van der Waals surface area (Å²) in [6, 6.07) is 66.9. The van der Waals surface area contributed by atoms with Crippen LogP contribution >= 0.6 is 0 Å². The molecule has 0 aliphatic rings. The second kappa shape index (κ2) is 11.8. The van der Waals surface area contributed by atoms with Crippen LogP contribution in [0.4, 0.5) is 17.1 Å². The molecule has 1 aromatic heterocycles. The molecular weight excluding hydrogens is 583 g/mol. The molecule has 0 aliphatic carbocycles. The summed E-state index contributed by atoms with van der Waals surface area (Å²) in [7, 11) is 0. The highest BCUT2D eigenvalue weighted by atomic mass is 16.3. The van der Waals surface area contributed by atoms with Crippen LogP contribution in [-0.4, -0.2) is 0 Å². The Balaban J connectivity index is 1.20. The van der Waals surface area contributed by atoms with Crippen molar-refractivity contribution in [2.75, 3.05) is 4.90 Å². The van der Waals surface area contributed by atoms with Gasteiger partial charge in [-0.3, -0.25) is 0 Å². The Morgan fingerprint density at radius 1 is 0.333 bits per heavy atom. The van der Waals surface area contributed by atoms with Gasteiger partial charge in [-0.1, -0.05) is 146 Å². The lowest BCUT2D eigenvalue weighted by Crippen LogP contribution is -2.10. The molecule has 0 unspecified atom stereocenters. The average molecular weight is 614 g/mol. The summed E-state index contributed by atoms with van der Waals surface area (Å²) in [6.07, 6.45) is 0. The summed E-state index contributed by atoms with van der Waals surface area (Å²) in [6.45, 7) is 0. The number of benzene rings is 8. The molecule has 9 aromatic rings. The van der Waals surface area contributed by atoms with Crippen molar-refractivity contribution in [1.29, 1.82) is 0 Å². The van der Waals surface area contributed by atoms with Crippen LogP contribution in [0.5, 0.6) is 0 Å². The van der Waals surface area contributed by atoms with Gasteiger partial charge in [0, 0.05) is 16.8 Å². The predicted molar refractivity (Wildman–Crippen MR) is 202 cm³/mol. The van der Waals surface area contributed by atoms with Gasteiger partial charge in [0.25, 0.3) is 0 Å². The van der Waals surface area contributed by atoms with Crippen molar-refractivity contribution in [1.82, 2.24) is 0 Å². The topological polar surface area (TPSA) is 16.4 Å². The standard InChI is InChI=1S/C46H31NO/c1-3-12-32(13-4-1)33-24-28-37(29-25-33)47(42-21-11-23-44-46(42)41-18-7-8-22-43(41)48-44)38-30-26-35(27-31-38)40-20-10-17-36-16-9-19-39(45(36)40)34-14-5-2-6-15-34/h1-31H. The van der Waals surface area contributed by atoms with E-state index in [0.29, 0.717) is 0 Å². The van der Waals surface area contributed by atoms with Crippen LogP contribution in [-0.2, 0) is 0 Å². The maximum Gasteiger partial charge on any atom is 0.137 e. The lowest BCUT2D eigenvalue weighted by atomic mass is 9.91. The number of para-hydroxylation sites is 1. The second-order valence-electron chi connectivity index (χ2n) is 12.1. The minimum Gasteiger partial charge on any atom is -0.456 e. The van der Waals surface area contributed by atoms with Gasteiger partial charge in [0.15, 0.2) is 0 Å². The van der Waals surface area contributed by atoms with Crippen molar-refractivity contribution in [3.8, 4) is 33.4 Å². The van der Waals surface area contributed by atoms with Gasteiger partial charge in [0.05, 0.1) is 11.1 Å². The van der Waals surface area contributed by atoms with E-state index in [-0.39, 0.29) is 0 Å². The van der Waals surface area contributed by atoms with Gasteiger partial charge in [0.1, 0.15) is 11.2 Å². The highest BCUT2D eigenvalue weighted by Gasteiger charge is 2.20. The fourth-order valence-electron chi connectivity index (χ4n) is 7.03. The molecule has 0 radical (unpaired) electrons. The summed E-state index contributed by atoms with van der Waals surface area (Å²) >= 11 is 0. The number of furan rings is 1. The monoisotopic (exact) mass is 613 g/mol. The molecule has 0 aliphatic heterocycles. The first-order chi connectivity index (χ1) is 23.8. The van der Waals surface area contributed by atoms with Crippen molar-refractivity contribution >= 4 is 49.8 Å². The van der Waals surface area contributed by atoms with E-state index in [1.807, 2.05) is 12.1 Å². The molecule has 0 atom stereocenters. The summed E-state index contributed by atoms with van der Waals surface area (Å²) in [5.41, 5.74) is 12.3. The Kier molecular flexibility index (Phi) is 6.84. The van der Waals surface area contributed by atoms with Crippen LogP contribution in [0.2, 0.25) is 0 Å². The van der Waals surface area contributed by atoms with Crippen molar-refractivity contribution in [2.45, 2.75) is 0 Å². The summed E-state index contributed by atoms with van der Waals surface area (Å²) in [4.78, 5) is 2.35. The fraction of sp³-hybridized carbons (Fsp3) is 0. The molecule has 0 saturated heterocycles. The number of rotatable bonds is 6. The van der Waals surface area contributed by atoms with Crippen LogP contribution in [0.25, 0.3) is 66.1 Å². The van der Waals surface area contributed by atoms with E-state index >= 15 is 0 Å². The SMILES string of the molecule is c1ccc(-c2ccc(N(c3ccc(-c4cccc5cccc(-c6ccccc6)c45)cc3)c3cccc4oc5ccccc5c34)cc2)cc1. The summed E-state index contributed by atoms with van der Waals surface area (Å²) in [5.74, 6) is 0. The summed E-state index contributed by atoms with van der Waals surface area (Å²) < 4.78 is 6.33. The van der Waals surface area contributed by atoms with Gasteiger partial charge in [-0.15, -0.1) is 0 Å². The van der Waals surface area contributed by atoms with Crippen LogP contribution < -0.4 is 4.90 Å². The number of fused-ring (bicyclic) bond motifs is 4. The molecule has 0 N–H and O–H groups in total. The number of hydrogen-bond donors (Lipinski definition) is 0. The molecule has 0 amide bonds. The largest absolute Gasteiger partial charge is 0.456 e. The van der Waals surface area contributed by atoms with Crippen molar-refractivity contribution in [3.63, 3.8) is 0 Å². The van der Waals surface area contributed by atoms with Gasteiger partial charge >= 0.3 is 0 Å². The molecule has 0 fully saturated rings. The van der Waals surface area contributed by atoms with E-state index in [9.17, 15) is 0 Å². The smallest absolute Gasteiger partial charge is 0.137 e. The Morgan fingerprint density at radius 3 is 1.50 bits per heavy atom. The molecule has 2 heteroatoms. The minimum atomic E-state index is 0.875. The molecule has 9 rings (SSSR count). The first kappa shape index (κ1) is 27.9. The first-order valence-electron chi connectivity index (χ1n) is 16.4. The van der Waals surface area contributed by atoms with Crippen molar-refractivity contribution in [3.05, 3.63) is 188 Å². The third-order valence-corrected chi connectivity index (χ3v) is 9.28. The van der Waals surface area contributed by atoms with E-state index in [4.69, 9.17) is 4.42 Å². The highest BCUT2D eigenvalue weighted by Crippen LogP contribution is 2.44. The van der Waals surface area contributed by atoms with E-state index in [1.54, 1.807) is 0 Å². The molecule has 226 valence electrons. The fourth-order valence-corrected chi connectivity index (χ4v) is 7.03. The van der Waals surface area contributed by atoms with Gasteiger partial charge < -0.3 is 9.32 Å². The molecular formula is C46H31NO. The molecule has 0 bridgehead atoms. The number of hydrogen-bond acceptors (Lipinski definition) is 2. The Labute approximate surface area is 279 Å². The lowest BCUT2D eigenvalue weighted by molar-refractivity contribution is 0.669. The zero-order valence-corrected chi connectivity index (χ0v) is 26.3. The van der Waals surface area contributed by atoms with E-state index in [0.717, 1.165) is 39.0 Å². The van der Waals surface area contributed by atoms with E-state index < -0.39 is 0 Å². The molecule has 2 nitrogen and oxygen atoms in total. The normalized spacial score (nSPS) is 11.3. The maximum atomic E-state index is 6.33. The van der Waals surface area contributed by atoms with Crippen molar-refractivity contribution < 1.29 is 4.42 Å². The van der Waals surface area contributed by atoms with Gasteiger partial charge in [-0.05, 0) is 86.6 Å².